The lowest BCUT2D eigenvalue weighted by Gasteiger charge is -2.32. The molecule has 0 amide bonds. The first kappa shape index (κ1) is 29.9. The summed E-state index contributed by atoms with van der Waals surface area (Å²) >= 11 is 0. The van der Waals surface area contributed by atoms with Crippen molar-refractivity contribution in [2.45, 2.75) is 19.3 Å². The predicted molar refractivity (Wildman–Crippen MR) is 213 cm³/mol. The maximum atomic E-state index is 2.47. The predicted octanol–water partition coefficient (Wildman–Crippen LogP) is 13.6. The van der Waals surface area contributed by atoms with Crippen LogP contribution in [0, 0.1) is 0 Å². The first-order valence-corrected chi connectivity index (χ1v) is 17.4. The molecule has 238 valence electrons. The van der Waals surface area contributed by atoms with E-state index in [1.165, 1.54) is 66.4 Å². The van der Waals surface area contributed by atoms with Crippen LogP contribution in [0.4, 0.5) is 17.1 Å². The van der Waals surface area contributed by atoms with Crippen LogP contribution in [0.2, 0.25) is 0 Å². The quantitative estimate of drug-likeness (QED) is 0.175. The van der Waals surface area contributed by atoms with E-state index in [4.69, 9.17) is 0 Å². The Morgan fingerprint density at radius 3 is 1.78 bits per heavy atom. The molecule has 8 aromatic rings. The molecule has 9 rings (SSSR count). The normalized spacial score (nSPS) is 12.8. The van der Waals surface area contributed by atoms with Crippen LogP contribution in [0.25, 0.3) is 55.3 Å². The van der Waals surface area contributed by atoms with Crippen molar-refractivity contribution in [1.82, 2.24) is 0 Å². The van der Waals surface area contributed by atoms with E-state index in [0.717, 1.165) is 17.1 Å². The summed E-state index contributed by atoms with van der Waals surface area (Å²) in [6.45, 7) is 4.77. The van der Waals surface area contributed by atoms with Crippen molar-refractivity contribution < 1.29 is 0 Å². The Morgan fingerprint density at radius 1 is 0.380 bits per heavy atom. The molecule has 0 fully saturated rings. The van der Waals surface area contributed by atoms with Crippen molar-refractivity contribution in [2.24, 2.45) is 0 Å². The largest absolute Gasteiger partial charge is 0.310 e. The van der Waals surface area contributed by atoms with Crippen LogP contribution in [0.3, 0.4) is 0 Å². The van der Waals surface area contributed by atoms with Crippen LogP contribution in [0.1, 0.15) is 25.0 Å². The van der Waals surface area contributed by atoms with Gasteiger partial charge in [0.15, 0.2) is 0 Å². The van der Waals surface area contributed by atoms with E-state index >= 15 is 0 Å². The summed E-state index contributed by atoms with van der Waals surface area (Å²) in [7, 11) is 0. The topological polar surface area (TPSA) is 3.24 Å². The molecule has 0 heterocycles. The number of nitrogens with zero attached hydrogens (tertiary/aromatic N) is 1. The SMILES string of the molecule is CC1(C)c2ccccc2-c2cccc(-c3c(-c4ccccc4)cccc3N(c3cccc(-c4ccccc4)c3)c3ccc4ccccc4c3)c21. The minimum Gasteiger partial charge on any atom is -0.310 e. The number of anilines is 3. The third kappa shape index (κ3) is 4.94. The van der Waals surface area contributed by atoms with Crippen molar-refractivity contribution in [2.75, 3.05) is 4.90 Å². The Hall–Kier alpha value is -6.18. The molecule has 0 saturated carbocycles. The molecular formula is C49H37N. The number of hydrogen-bond donors (Lipinski definition) is 0. The van der Waals surface area contributed by atoms with Gasteiger partial charge in [0, 0.05) is 22.4 Å². The van der Waals surface area contributed by atoms with Gasteiger partial charge in [0.25, 0.3) is 0 Å². The van der Waals surface area contributed by atoms with Gasteiger partial charge in [0.1, 0.15) is 0 Å². The molecular weight excluding hydrogens is 603 g/mol. The smallest absolute Gasteiger partial charge is 0.0546 e. The molecule has 0 bridgehead atoms. The van der Waals surface area contributed by atoms with E-state index < -0.39 is 0 Å². The fraction of sp³-hybridized carbons (Fsp3) is 0.0612. The highest BCUT2D eigenvalue weighted by atomic mass is 15.1. The molecule has 0 N–H and O–H groups in total. The standard InChI is InChI=1S/C49H37N/c1-49(2)45-28-12-11-24-42(45)43-26-14-27-44(48(43)49)47-41(36-19-7-4-8-20-36)25-15-29-46(47)50(40-31-30-35-18-9-10-21-37(35)33-40)39-23-13-22-38(32-39)34-16-5-3-6-17-34/h3-33H,1-2H3. The number of fused-ring (bicyclic) bond motifs is 4. The maximum absolute atomic E-state index is 2.47. The zero-order valence-corrected chi connectivity index (χ0v) is 28.3. The van der Waals surface area contributed by atoms with Crippen molar-refractivity contribution in [3.8, 4) is 44.5 Å². The summed E-state index contributed by atoms with van der Waals surface area (Å²) in [5.41, 5.74) is 15.9. The number of rotatable bonds is 6. The Labute approximate surface area is 294 Å². The van der Waals surface area contributed by atoms with Gasteiger partial charge in [0.2, 0.25) is 0 Å². The highest BCUT2D eigenvalue weighted by Gasteiger charge is 2.38. The minimum atomic E-state index is -0.176. The van der Waals surface area contributed by atoms with Gasteiger partial charge in [-0.2, -0.15) is 0 Å². The lowest BCUT2D eigenvalue weighted by atomic mass is 9.77. The Kier molecular flexibility index (Phi) is 7.21. The minimum absolute atomic E-state index is 0.176. The fourth-order valence-electron chi connectivity index (χ4n) is 8.12. The molecule has 50 heavy (non-hydrogen) atoms. The van der Waals surface area contributed by atoms with Crippen LogP contribution in [-0.4, -0.2) is 0 Å². The third-order valence-corrected chi connectivity index (χ3v) is 10.4. The van der Waals surface area contributed by atoms with Gasteiger partial charge in [-0.15, -0.1) is 0 Å². The van der Waals surface area contributed by atoms with Crippen LogP contribution in [0.5, 0.6) is 0 Å². The molecule has 1 aliphatic rings. The van der Waals surface area contributed by atoms with Gasteiger partial charge in [0.05, 0.1) is 5.69 Å². The van der Waals surface area contributed by atoms with E-state index in [9.17, 15) is 0 Å². The summed E-state index contributed by atoms with van der Waals surface area (Å²) in [5, 5.41) is 2.44. The molecule has 0 radical (unpaired) electrons. The fourth-order valence-corrected chi connectivity index (χ4v) is 8.12. The zero-order valence-electron chi connectivity index (χ0n) is 28.3. The highest BCUT2D eigenvalue weighted by Crippen LogP contribution is 2.55. The lowest BCUT2D eigenvalue weighted by molar-refractivity contribution is 0.662. The average Bonchev–Trinajstić information content (AvgIpc) is 3.42. The van der Waals surface area contributed by atoms with Gasteiger partial charge in [-0.25, -0.2) is 0 Å². The summed E-state index contributed by atoms with van der Waals surface area (Å²) < 4.78 is 0. The van der Waals surface area contributed by atoms with E-state index in [0.29, 0.717) is 0 Å². The van der Waals surface area contributed by atoms with Crippen LogP contribution >= 0.6 is 0 Å². The molecule has 0 saturated heterocycles. The Balaban J connectivity index is 1.37. The number of hydrogen-bond acceptors (Lipinski definition) is 1. The molecule has 1 nitrogen and oxygen atoms in total. The Morgan fingerprint density at radius 2 is 0.960 bits per heavy atom. The third-order valence-electron chi connectivity index (χ3n) is 10.4. The Bertz CT molecular complexity index is 2510. The number of benzene rings is 8. The first-order chi connectivity index (χ1) is 24.6. The molecule has 8 aromatic carbocycles. The van der Waals surface area contributed by atoms with Crippen LogP contribution in [-0.2, 0) is 5.41 Å². The molecule has 1 heteroatoms. The lowest BCUT2D eigenvalue weighted by Crippen LogP contribution is -2.17. The maximum Gasteiger partial charge on any atom is 0.0546 e. The van der Waals surface area contributed by atoms with E-state index in [1.54, 1.807) is 0 Å². The second-order valence-electron chi connectivity index (χ2n) is 13.7. The van der Waals surface area contributed by atoms with Crippen molar-refractivity contribution in [3.63, 3.8) is 0 Å². The second kappa shape index (κ2) is 12.1. The summed E-state index contributed by atoms with van der Waals surface area (Å²) in [6.07, 6.45) is 0. The zero-order chi connectivity index (χ0) is 33.7. The van der Waals surface area contributed by atoms with Gasteiger partial charge in [-0.3, -0.25) is 0 Å². The average molecular weight is 640 g/mol. The van der Waals surface area contributed by atoms with Crippen LogP contribution < -0.4 is 4.90 Å². The van der Waals surface area contributed by atoms with Crippen molar-refractivity contribution in [3.05, 3.63) is 199 Å². The summed E-state index contributed by atoms with van der Waals surface area (Å²) in [5.74, 6) is 0. The molecule has 1 aliphatic carbocycles. The molecule has 0 aliphatic heterocycles. The highest BCUT2D eigenvalue weighted by molar-refractivity contribution is 6.01. The molecule has 0 atom stereocenters. The molecule has 0 aromatic heterocycles. The monoisotopic (exact) mass is 639 g/mol. The van der Waals surface area contributed by atoms with Crippen molar-refractivity contribution >= 4 is 27.8 Å². The molecule has 0 unspecified atom stereocenters. The van der Waals surface area contributed by atoms with Crippen LogP contribution in [0.15, 0.2) is 188 Å². The van der Waals surface area contributed by atoms with E-state index in [2.05, 4.69) is 207 Å². The van der Waals surface area contributed by atoms with E-state index in [-0.39, 0.29) is 5.41 Å². The van der Waals surface area contributed by atoms with Gasteiger partial charge >= 0.3 is 0 Å². The van der Waals surface area contributed by atoms with Gasteiger partial charge in [-0.1, -0.05) is 172 Å². The molecule has 0 spiro atoms. The van der Waals surface area contributed by atoms with Crippen molar-refractivity contribution in [1.29, 1.82) is 0 Å². The summed E-state index contributed by atoms with van der Waals surface area (Å²) in [4.78, 5) is 2.47. The first-order valence-electron chi connectivity index (χ1n) is 17.4. The van der Waals surface area contributed by atoms with Gasteiger partial charge in [-0.05, 0) is 91.2 Å². The van der Waals surface area contributed by atoms with E-state index in [1.807, 2.05) is 0 Å². The second-order valence-corrected chi connectivity index (χ2v) is 13.7. The van der Waals surface area contributed by atoms with Gasteiger partial charge < -0.3 is 4.90 Å². The summed E-state index contributed by atoms with van der Waals surface area (Å²) in [6, 6.07) is 68.7.